The van der Waals surface area contributed by atoms with Gasteiger partial charge in [-0.2, -0.15) is 13.2 Å². The van der Waals surface area contributed by atoms with Crippen molar-refractivity contribution < 1.29 is 23.1 Å². The van der Waals surface area contributed by atoms with Crippen LogP contribution in [0.2, 0.25) is 0 Å². The summed E-state index contributed by atoms with van der Waals surface area (Å²) >= 11 is 0. The number of hydrogen-bond acceptors (Lipinski definition) is 2. The lowest BCUT2D eigenvalue weighted by atomic mass is 9.78. The summed E-state index contributed by atoms with van der Waals surface area (Å²) in [6.07, 6.45) is -2.12. The molecule has 1 amide bonds. The fourth-order valence-corrected chi connectivity index (χ4v) is 2.31. The van der Waals surface area contributed by atoms with Gasteiger partial charge < -0.3 is 10.4 Å². The van der Waals surface area contributed by atoms with Crippen molar-refractivity contribution in [1.29, 1.82) is 0 Å². The van der Waals surface area contributed by atoms with Crippen molar-refractivity contribution in [3.8, 4) is 0 Å². The molecular weight excluding hydrogens is 247 g/mol. The number of halogens is 3. The number of rotatable bonds is 4. The molecular formula is C12H20F3NO2. The Morgan fingerprint density at radius 1 is 1.39 bits per heavy atom. The molecule has 0 heterocycles. The van der Waals surface area contributed by atoms with Crippen molar-refractivity contribution in [3.63, 3.8) is 0 Å². The highest BCUT2D eigenvalue weighted by Gasteiger charge is 2.35. The number of nitrogens with one attached hydrogen (secondary N) is 1. The summed E-state index contributed by atoms with van der Waals surface area (Å²) in [5, 5.41) is 12.3. The quantitative estimate of drug-likeness (QED) is 0.821. The molecule has 106 valence electrons. The Morgan fingerprint density at radius 3 is 2.39 bits per heavy atom. The minimum absolute atomic E-state index is 0.0850. The van der Waals surface area contributed by atoms with Crippen LogP contribution in [0, 0.1) is 5.92 Å². The zero-order valence-corrected chi connectivity index (χ0v) is 10.5. The Morgan fingerprint density at radius 2 is 1.94 bits per heavy atom. The average Bonchev–Trinajstić information content (AvgIpc) is 2.26. The summed E-state index contributed by atoms with van der Waals surface area (Å²) in [6.45, 7) is 2.00. The number of carbonyl (C=O) groups is 1. The van der Waals surface area contributed by atoms with Crippen LogP contribution in [0.3, 0.4) is 0 Å². The molecule has 6 heteroatoms. The van der Waals surface area contributed by atoms with E-state index in [2.05, 4.69) is 12.2 Å². The van der Waals surface area contributed by atoms with E-state index in [4.69, 9.17) is 0 Å². The summed E-state index contributed by atoms with van der Waals surface area (Å²) in [5.41, 5.74) is -1.03. The molecule has 0 saturated heterocycles. The zero-order valence-electron chi connectivity index (χ0n) is 10.5. The lowest BCUT2D eigenvalue weighted by molar-refractivity contribution is -0.154. The van der Waals surface area contributed by atoms with Crippen LogP contribution in [0.5, 0.6) is 0 Å². The molecule has 1 rings (SSSR count). The maximum Gasteiger partial charge on any atom is 0.397 e. The van der Waals surface area contributed by atoms with Crippen molar-refractivity contribution in [2.45, 2.75) is 57.2 Å². The molecule has 1 aliphatic rings. The van der Waals surface area contributed by atoms with Gasteiger partial charge in [-0.25, -0.2) is 0 Å². The van der Waals surface area contributed by atoms with Crippen molar-refractivity contribution >= 4 is 5.91 Å². The molecule has 1 fully saturated rings. The van der Waals surface area contributed by atoms with Crippen molar-refractivity contribution in [1.82, 2.24) is 5.32 Å². The largest absolute Gasteiger partial charge is 0.397 e. The molecule has 0 radical (unpaired) electrons. The molecule has 1 saturated carbocycles. The molecule has 0 aliphatic heterocycles. The second-order valence-electron chi connectivity index (χ2n) is 5.14. The minimum atomic E-state index is -4.49. The first kappa shape index (κ1) is 15.3. The Labute approximate surface area is 105 Å². The van der Waals surface area contributed by atoms with E-state index in [1.54, 1.807) is 0 Å². The standard InChI is InChI=1S/C12H20F3NO2/c1-2-9-3-5-11(18,6-4-9)8-16-10(17)7-12(13,14)15/h9,18H,2-8H2,1H3,(H,16,17). The van der Waals surface area contributed by atoms with Gasteiger partial charge in [-0.1, -0.05) is 13.3 Å². The van der Waals surface area contributed by atoms with E-state index >= 15 is 0 Å². The van der Waals surface area contributed by atoms with Crippen LogP contribution in [0.4, 0.5) is 13.2 Å². The number of carbonyl (C=O) groups excluding carboxylic acids is 1. The fourth-order valence-electron chi connectivity index (χ4n) is 2.31. The molecule has 18 heavy (non-hydrogen) atoms. The van der Waals surface area contributed by atoms with Crippen LogP contribution in [-0.2, 0) is 4.79 Å². The van der Waals surface area contributed by atoms with E-state index in [1.807, 2.05) is 0 Å². The molecule has 0 unspecified atom stereocenters. The normalized spacial score (nSPS) is 29.1. The first-order chi connectivity index (χ1) is 8.24. The maximum absolute atomic E-state index is 11.9. The summed E-state index contributed by atoms with van der Waals surface area (Å²) in [4.78, 5) is 11.0. The molecule has 0 bridgehead atoms. The smallest absolute Gasteiger partial charge is 0.388 e. The zero-order chi connectivity index (χ0) is 13.8. The van der Waals surface area contributed by atoms with E-state index in [0.29, 0.717) is 18.8 Å². The highest BCUT2D eigenvalue weighted by Crippen LogP contribution is 2.33. The van der Waals surface area contributed by atoms with Gasteiger partial charge in [-0.3, -0.25) is 4.79 Å². The van der Waals surface area contributed by atoms with Crippen LogP contribution < -0.4 is 5.32 Å². The third-order valence-electron chi connectivity index (χ3n) is 3.59. The minimum Gasteiger partial charge on any atom is -0.388 e. The molecule has 3 nitrogen and oxygen atoms in total. The fraction of sp³-hybridized carbons (Fsp3) is 0.917. The summed E-state index contributed by atoms with van der Waals surface area (Å²) in [7, 11) is 0. The van der Waals surface area contributed by atoms with Crippen LogP contribution in [-0.4, -0.2) is 29.3 Å². The van der Waals surface area contributed by atoms with Gasteiger partial charge in [0.2, 0.25) is 5.91 Å². The predicted molar refractivity (Wildman–Crippen MR) is 60.9 cm³/mol. The van der Waals surface area contributed by atoms with Gasteiger partial charge in [-0.05, 0) is 31.6 Å². The van der Waals surface area contributed by atoms with Crippen molar-refractivity contribution in [3.05, 3.63) is 0 Å². The van der Waals surface area contributed by atoms with E-state index in [0.717, 1.165) is 19.3 Å². The Balaban J connectivity index is 2.32. The van der Waals surface area contributed by atoms with Gasteiger partial charge in [0.25, 0.3) is 0 Å². The molecule has 0 aromatic heterocycles. The number of hydrogen-bond donors (Lipinski definition) is 2. The molecule has 0 atom stereocenters. The molecule has 2 N–H and O–H groups in total. The van der Waals surface area contributed by atoms with Gasteiger partial charge in [0, 0.05) is 6.54 Å². The van der Waals surface area contributed by atoms with E-state index in [9.17, 15) is 23.1 Å². The molecule has 0 aromatic carbocycles. The van der Waals surface area contributed by atoms with Gasteiger partial charge in [0.1, 0.15) is 6.42 Å². The molecule has 0 spiro atoms. The number of amides is 1. The summed E-state index contributed by atoms with van der Waals surface area (Å²) in [6, 6.07) is 0. The molecule has 0 aromatic rings. The third-order valence-corrected chi connectivity index (χ3v) is 3.59. The monoisotopic (exact) mass is 267 g/mol. The Bertz CT molecular complexity index is 284. The van der Waals surface area contributed by atoms with Gasteiger partial charge in [0.15, 0.2) is 0 Å². The van der Waals surface area contributed by atoms with E-state index in [-0.39, 0.29) is 6.54 Å². The third kappa shape index (κ3) is 5.25. The van der Waals surface area contributed by atoms with E-state index < -0.39 is 24.1 Å². The lowest BCUT2D eigenvalue weighted by Gasteiger charge is -2.35. The first-order valence-corrected chi connectivity index (χ1v) is 6.30. The second-order valence-corrected chi connectivity index (χ2v) is 5.14. The van der Waals surface area contributed by atoms with Crippen LogP contribution in [0.25, 0.3) is 0 Å². The van der Waals surface area contributed by atoms with Crippen molar-refractivity contribution in [2.24, 2.45) is 5.92 Å². The van der Waals surface area contributed by atoms with Gasteiger partial charge >= 0.3 is 6.18 Å². The number of alkyl halides is 3. The highest BCUT2D eigenvalue weighted by atomic mass is 19.4. The average molecular weight is 267 g/mol. The molecule has 1 aliphatic carbocycles. The van der Waals surface area contributed by atoms with E-state index in [1.165, 1.54) is 0 Å². The highest BCUT2D eigenvalue weighted by molar-refractivity contribution is 5.76. The number of aliphatic hydroxyl groups is 1. The summed E-state index contributed by atoms with van der Waals surface area (Å²) in [5.74, 6) is -0.496. The van der Waals surface area contributed by atoms with Crippen LogP contribution >= 0.6 is 0 Å². The second kappa shape index (κ2) is 5.91. The predicted octanol–water partition coefficient (Wildman–Crippen LogP) is 2.39. The first-order valence-electron chi connectivity index (χ1n) is 6.30. The van der Waals surface area contributed by atoms with Crippen LogP contribution in [0.1, 0.15) is 45.4 Å². The Hall–Kier alpha value is -0.780. The van der Waals surface area contributed by atoms with Gasteiger partial charge in [-0.15, -0.1) is 0 Å². The Kier molecular flexibility index (Phi) is 5.01. The van der Waals surface area contributed by atoms with Crippen LogP contribution in [0.15, 0.2) is 0 Å². The van der Waals surface area contributed by atoms with Crippen molar-refractivity contribution in [2.75, 3.05) is 6.54 Å². The lowest BCUT2D eigenvalue weighted by Crippen LogP contribution is -2.46. The SMILES string of the molecule is CCC1CCC(O)(CNC(=O)CC(F)(F)F)CC1. The van der Waals surface area contributed by atoms with Gasteiger partial charge in [0.05, 0.1) is 5.60 Å². The summed E-state index contributed by atoms with van der Waals surface area (Å²) < 4.78 is 35.8. The topological polar surface area (TPSA) is 49.3 Å². The maximum atomic E-state index is 11.9.